The number of hydrogen-bond donors (Lipinski definition) is 2. The van der Waals surface area contributed by atoms with Gasteiger partial charge in [0.25, 0.3) is 0 Å². The maximum Gasteiger partial charge on any atom is 0.340 e. The molecule has 2 rings (SSSR count). The van der Waals surface area contributed by atoms with Crippen molar-refractivity contribution < 1.29 is 14.3 Å². The first-order chi connectivity index (χ1) is 8.22. The van der Waals surface area contributed by atoms with Crippen LogP contribution in [0.3, 0.4) is 0 Å². The molecule has 5 nitrogen and oxygen atoms in total. The van der Waals surface area contributed by atoms with Crippen LogP contribution in [-0.4, -0.2) is 31.6 Å². The Kier molecular flexibility index (Phi) is 3.75. The van der Waals surface area contributed by atoms with E-state index < -0.39 is 5.97 Å². The highest BCUT2D eigenvalue weighted by Crippen LogP contribution is 2.24. The number of thiophene rings is 1. The number of ether oxygens (including phenoxy) is 1. The molecule has 0 unspecified atom stereocenters. The number of amides is 1. The molecule has 2 heterocycles. The lowest BCUT2D eigenvalue weighted by atomic mass is 10.2. The van der Waals surface area contributed by atoms with Crippen LogP contribution in [0.15, 0.2) is 11.4 Å². The number of methoxy groups -OCH3 is 1. The van der Waals surface area contributed by atoms with E-state index in [1.54, 1.807) is 11.4 Å². The summed E-state index contributed by atoms with van der Waals surface area (Å²) in [4.78, 5) is 23.3. The van der Waals surface area contributed by atoms with E-state index in [0.717, 1.165) is 19.4 Å². The lowest BCUT2D eigenvalue weighted by Crippen LogP contribution is -2.35. The van der Waals surface area contributed by atoms with E-state index in [2.05, 4.69) is 15.4 Å². The van der Waals surface area contributed by atoms with Gasteiger partial charge >= 0.3 is 5.97 Å². The zero-order valence-electron chi connectivity index (χ0n) is 9.49. The van der Waals surface area contributed by atoms with E-state index in [-0.39, 0.29) is 11.9 Å². The number of carbonyl (C=O) groups is 2. The van der Waals surface area contributed by atoms with Gasteiger partial charge in [-0.2, -0.15) is 0 Å². The molecule has 1 fully saturated rings. The number of hydrogen-bond acceptors (Lipinski definition) is 5. The van der Waals surface area contributed by atoms with Crippen LogP contribution < -0.4 is 10.6 Å². The number of anilines is 1. The highest BCUT2D eigenvalue weighted by atomic mass is 32.1. The molecule has 1 saturated heterocycles. The van der Waals surface area contributed by atoms with E-state index in [1.165, 1.54) is 18.4 Å². The molecule has 0 saturated carbocycles. The van der Waals surface area contributed by atoms with Gasteiger partial charge in [0.05, 0.1) is 18.7 Å². The second-order valence-electron chi connectivity index (χ2n) is 3.79. The van der Waals surface area contributed by atoms with Gasteiger partial charge in [0.15, 0.2) is 0 Å². The smallest absolute Gasteiger partial charge is 0.340 e. The molecule has 0 spiro atoms. The van der Waals surface area contributed by atoms with Crippen molar-refractivity contribution >= 4 is 28.2 Å². The Labute approximate surface area is 103 Å². The van der Waals surface area contributed by atoms with Gasteiger partial charge in [0.2, 0.25) is 5.91 Å². The normalized spacial score (nSPS) is 19.0. The molecule has 0 radical (unpaired) electrons. The molecular weight excluding hydrogens is 240 g/mol. The third-order valence-electron chi connectivity index (χ3n) is 2.68. The first-order valence-corrected chi connectivity index (χ1v) is 6.30. The fraction of sp³-hybridized carbons (Fsp3) is 0.455. The molecule has 2 N–H and O–H groups in total. The number of nitrogens with one attached hydrogen (secondary N) is 2. The van der Waals surface area contributed by atoms with E-state index in [4.69, 9.17) is 0 Å². The molecule has 1 aliphatic heterocycles. The van der Waals surface area contributed by atoms with Crippen molar-refractivity contribution in [2.24, 2.45) is 0 Å². The summed E-state index contributed by atoms with van der Waals surface area (Å²) in [6.45, 7) is 0.867. The minimum absolute atomic E-state index is 0.0879. The lowest BCUT2D eigenvalue weighted by Gasteiger charge is -2.10. The topological polar surface area (TPSA) is 67.4 Å². The zero-order valence-corrected chi connectivity index (χ0v) is 10.3. The third-order valence-corrected chi connectivity index (χ3v) is 3.51. The van der Waals surface area contributed by atoms with Crippen LogP contribution in [0, 0.1) is 0 Å². The van der Waals surface area contributed by atoms with Gasteiger partial charge < -0.3 is 15.4 Å². The summed E-state index contributed by atoms with van der Waals surface area (Å²) in [6, 6.07) is 1.50. The monoisotopic (exact) mass is 254 g/mol. The van der Waals surface area contributed by atoms with Gasteiger partial charge in [-0.05, 0) is 30.8 Å². The molecular formula is C11H14N2O3S. The van der Waals surface area contributed by atoms with Crippen molar-refractivity contribution in [1.82, 2.24) is 5.32 Å². The first-order valence-electron chi connectivity index (χ1n) is 5.42. The van der Waals surface area contributed by atoms with Crippen LogP contribution in [0.4, 0.5) is 5.00 Å². The lowest BCUT2D eigenvalue weighted by molar-refractivity contribution is -0.117. The minimum Gasteiger partial charge on any atom is -0.465 e. The van der Waals surface area contributed by atoms with Gasteiger partial charge in [0.1, 0.15) is 5.00 Å². The fourth-order valence-electron chi connectivity index (χ4n) is 1.78. The fourth-order valence-corrected chi connectivity index (χ4v) is 2.56. The Balaban J connectivity index is 2.05. The Morgan fingerprint density at radius 1 is 1.59 bits per heavy atom. The standard InChI is InChI=1S/C11H14N2O3S/c1-16-11(15)7-4-6-17-10(7)13-9(14)8-3-2-5-12-8/h4,6,8,12H,2-3,5H2,1H3,(H,13,14)/t8-/m1/s1. The molecule has 1 amide bonds. The van der Waals surface area contributed by atoms with Crippen LogP contribution in [0.2, 0.25) is 0 Å². The average Bonchev–Trinajstić information content (AvgIpc) is 2.98. The third kappa shape index (κ3) is 2.65. The van der Waals surface area contributed by atoms with Crippen LogP contribution in [0.5, 0.6) is 0 Å². The zero-order chi connectivity index (χ0) is 12.3. The van der Waals surface area contributed by atoms with Crippen LogP contribution in [-0.2, 0) is 9.53 Å². The molecule has 1 atom stereocenters. The number of rotatable bonds is 3. The summed E-state index contributed by atoms with van der Waals surface area (Å²) >= 11 is 1.32. The number of carbonyl (C=O) groups excluding carboxylic acids is 2. The van der Waals surface area contributed by atoms with Crippen molar-refractivity contribution in [2.75, 3.05) is 19.0 Å². The first kappa shape index (κ1) is 12.1. The van der Waals surface area contributed by atoms with Crippen molar-refractivity contribution in [3.63, 3.8) is 0 Å². The summed E-state index contributed by atoms with van der Waals surface area (Å²) in [7, 11) is 1.32. The minimum atomic E-state index is -0.430. The molecule has 0 aromatic carbocycles. The number of esters is 1. The van der Waals surface area contributed by atoms with E-state index >= 15 is 0 Å². The predicted octanol–water partition coefficient (Wildman–Crippen LogP) is 1.23. The van der Waals surface area contributed by atoms with Crippen molar-refractivity contribution in [3.05, 3.63) is 17.0 Å². The molecule has 1 aromatic heterocycles. The quantitative estimate of drug-likeness (QED) is 0.796. The van der Waals surface area contributed by atoms with Gasteiger partial charge in [0, 0.05) is 0 Å². The largest absolute Gasteiger partial charge is 0.465 e. The maximum atomic E-state index is 11.9. The Hall–Kier alpha value is -1.40. The Morgan fingerprint density at radius 3 is 3.06 bits per heavy atom. The summed E-state index contributed by atoms with van der Waals surface area (Å²) in [5, 5.41) is 8.18. The molecule has 0 aliphatic carbocycles. The van der Waals surface area contributed by atoms with Crippen LogP contribution in [0.1, 0.15) is 23.2 Å². The van der Waals surface area contributed by atoms with Crippen molar-refractivity contribution in [1.29, 1.82) is 0 Å². The molecule has 1 aliphatic rings. The highest BCUT2D eigenvalue weighted by Gasteiger charge is 2.24. The molecule has 17 heavy (non-hydrogen) atoms. The highest BCUT2D eigenvalue weighted by molar-refractivity contribution is 7.14. The van der Waals surface area contributed by atoms with Crippen LogP contribution in [0.25, 0.3) is 0 Å². The Bertz CT molecular complexity index is 424. The maximum absolute atomic E-state index is 11.9. The summed E-state index contributed by atoms with van der Waals surface area (Å²) in [5.41, 5.74) is 0.406. The summed E-state index contributed by atoms with van der Waals surface area (Å²) in [5.74, 6) is -0.518. The summed E-state index contributed by atoms with van der Waals surface area (Å²) < 4.78 is 4.64. The van der Waals surface area contributed by atoms with Crippen molar-refractivity contribution in [3.8, 4) is 0 Å². The predicted molar refractivity (Wildman–Crippen MR) is 65.3 cm³/mol. The Morgan fingerprint density at radius 2 is 2.41 bits per heavy atom. The van der Waals surface area contributed by atoms with Crippen LogP contribution >= 0.6 is 11.3 Å². The van der Waals surface area contributed by atoms with Gasteiger partial charge in [-0.1, -0.05) is 0 Å². The summed E-state index contributed by atoms with van der Waals surface area (Å²) in [6.07, 6.45) is 1.84. The molecule has 1 aromatic rings. The SMILES string of the molecule is COC(=O)c1ccsc1NC(=O)[C@H]1CCCN1. The molecule has 92 valence electrons. The average molecular weight is 254 g/mol. The van der Waals surface area contributed by atoms with E-state index in [9.17, 15) is 9.59 Å². The van der Waals surface area contributed by atoms with E-state index in [1.807, 2.05) is 0 Å². The van der Waals surface area contributed by atoms with E-state index in [0.29, 0.717) is 10.6 Å². The second-order valence-corrected chi connectivity index (χ2v) is 4.71. The van der Waals surface area contributed by atoms with Gasteiger partial charge in [-0.25, -0.2) is 4.79 Å². The second kappa shape index (κ2) is 5.29. The van der Waals surface area contributed by atoms with Gasteiger partial charge in [-0.3, -0.25) is 4.79 Å². The molecule has 6 heteroatoms. The van der Waals surface area contributed by atoms with Crippen molar-refractivity contribution in [2.45, 2.75) is 18.9 Å². The molecule has 0 bridgehead atoms. The van der Waals surface area contributed by atoms with Gasteiger partial charge in [-0.15, -0.1) is 11.3 Å².